The number of epoxide rings is 1. The molecule has 8 rings (SSSR count). The number of aromatic nitrogens is 3. The first-order chi connectivity index (χ1) is 48.3. The van der Waals surface area contributed by atoms with Crippen molar-refractivity contribution in [3.05, 3.63) is 76.6 Å². The number of amides is 1. The number of aryl methyl sites for hydroxylation is 3. The fraction of sp³-hybridized carbons (Fsp3) is 0.720. The summed E-state index contributed by atoms with van der Waals surface area (Å²) in [4.78, 5) is 92.0. The van der Waals surface area contributed by atoms with Crippen molar-refractivity contribution in [2.45, 2.75) is 315 Å². The van der Waals surface area contributed by atoms with Crippen LogP contribution in [0.4, 0.5) is 0 Å². The van der Waals surface area contributed by atoms with Gasteiger partial charge in [0.1, 0.15) is 29.6 Å². The van der Waals surface area contributed by atoms with E-state index >= 15 is 0 Å². The van der Waals surface area contributed by atoms with Crippen LogP contribution in [0.2, 0.25) is 0 Å². The Morgan fingerprint density at radius 1 is 0.519 bits per heavy atom. The van der Waals surface area contributed by atoms with Crippen LogP contribution in [0.1, 0.15) is 259 Å². The van der Waals surface area contributed by atoms with Gasteiger partial charge in [0, 0.05) is 46.7 Å². The standard InChI is InChI=1S/C28H43NO5S.C27H42N2O5S.C27H41NO5S/c1-16-9-8-10-28(7)14-20(28)12-22(17(2)11-21-15-35-19(4)29-21)34-24(31)13-23(30)27(5,6)26(33)18(3)25(16)32;1-15-9-8-10-27(7)22(34-27)12-20(16(2)11-19-14-35-18(4)28-19)29-23(31)13-21(30)26(5,6)25(33)17(3)24(15)32;1-16-9-8-10-17(2)25(31)19(4)26(32)27(6,7)23(29)14-24(30)33-22(12-11-16)18(3)13-21-15-34-20(5)28-21/h11,15-16,18,20,22-23,25,30,32H,8-10,12-14H2,1-7H3;11,14-15,17,20-22,24,30,32H,8-10,12-13H2,1-7H3,(H,29,31);11,13,15,17,19,22-23,25,29,31H,8-10,12,14H2,1-7H3/b17-11+;16-11+;16-11-,18-13+/t16-,18+,20+,22-,23-,25-,28-;15-,17+,20-,21-,22-,24-,27+;17-,19+,22-,23-,25-/m000/s1. The first-order valence-electron chi connectivity index (χ1n) is 37.9. The average molecular weight is 1500 g/mol. The third kappa shape index (κ3) is 24.0. The van der Waals surface area contributed by atoms with Crippen molar-refractivity contribution in [1.82, 2.24) is 20.3 Å². The molecule has 3 saturated heterocycles. The third-order valence-electron chi connectivity index (χ3n) is 23.7. The maximum atomic E-state index is 13.2. The molecule has 4 fully saturated rings. The number of nitrogens with one attached hydrogen (secondary N) is 1. The lowest BCUT2D eigenvalue weighted by Crippen LogP contribution is -2.47. The number of ketones is 3. The lowest BCUT2D eigenvalue weighted by Gasteiger charge is -2.34. The number of carbonyl (C=O) groups is 6. The number of aliphatic hydroxyl groups is 6. The highest BCUT2D eigenvalue weighted by Crippen LogP contribution is 2.59. The Morgan fingerprint density at radius 2 is 0.904 bits per heavy atom. The van der Waals surface area contributed by atoms with E-state index in [0.717, 1.165) is 119 Å². The van der Waals surface area contributed by atoms with E-state index in [1.165, 1.54) is 5.57 Å². The Kier molecular flexibility index (Phi) is 31.6. The molecule has 0 radical (unpaired) electrons. The molecule has 0 bridgehead atoms. The summed E-state index contributed by atoms with van der Waals surface area (Å²) in [5, 5.41) is 77.0. The topological polar surface area (TPSA) is 305 Å². The molecule has 7 N–H and O–H groups in total. The van der Waals surface area contributed by atoms with Crippen LogP contribution in [-0.4, -0.2) is 147 Å². The van der Waals surface area contributed by atoms with E-state index in [9.17, 15) is 59.4 Å². The molecule has 104 heavy (non-hydrogen) atoms. The van der Waals surface area contributed by atoms with Crippen LogP contribution in [-0.2, 0) is 43.0 Å². The molecule has 7 heterocycles. The van der Waals surface area contributed by atoms with Crippen LogP contribution in [0, 0.1) is 83.9 Å². The zero-order valence-electron chi connectivity index (χ0n) is 66.1. The molecule has 22 heteroatoms. The van der Waals surface area contributed by atoms with Gasteiger partial charge in [0.2, 0.25) is 5.91 Å². The van der Waals surface area contributed by atoms with Gasteiger partial charge in [-0.1, -0.05) is 114 Å². The smallest absolute Gasteiger partial charge is 0.309 e. The zero-order valence-corrected chi connectivity index (χ0v) is 68.5. The van der Waals surface area contributed by atoms with Crippen molar-refractivity contribution in [3.8, 4) is 0 Å². The second-order valence-electron chi connectivity index (χ2n) is 33.7. The van der Waals surface area contributed by atoms with Gasteiger partial charge in [0.25, 0.3) is 0 Å². The highest BCUT2D eigenvalue weighted by Gasteiger charge is 2.54. The number of aliphatic hydroxyl groups excluding tert-OH is 6. The van der Waals surface area contributed by atoms with Crippen molar-refractivity contribution in [3.63, 3.8) is 0 Å². The number of ether oxygens (including phenoxy) is 3. The van der Waals surface area contributed by atoms with Crippen molar-refractivity contribution in [1.29, 1.82) is 0 Å². The van der Waals surface area contributed by atoms with Gasteiger partial charge in [-0.3, -0.25) is 28.8 Å². The Morgan fingerprint density at radius 3 is 1.33 bits per heavy atom. The van der Waals surface area contributed by atoms with E-state index in [4.69, 9.17) is 14.2 Å². The summed E-state index contributed by atoms with van der Waals surface area (Å²) in [6.45, 7) is 39.1. The fourth-order valence-corrected chi connectivity index (χ4v) is 16.9. The monoisotopic (exact) mass is 1500 g/mol. The molecule has 4 aliphatic heterocycles. The number of thiazole rings is 3. The van der Waals surface area contributed by atoms with Crippen molar-refractivity contribution in [2.75, 3.05) is 0 Å². The molecule has 0 aromatic carbocycles. The number of fused-ring (bicyclic) bond motifs is 2. The number of allylic oxidation sites excluding steroid dienone is 1. The van der Waals surface area contributed by atoms with E-state index in [1.54, 1.807) is 96.3 Å². The summed E-state index contributed by atoms with van der Waals surface area (Å²) >= 11 is 4.72. The molecule has 0 unspecified atom stereocenters. The predicted molar refractivity (Wildman–Crippen MR) is 413 cm³/mol. The largest absolute Gasteiger partial charge is 0.458 e. The van der Waals surface area contributed by atoms with Gasteiger partial charge in [0.05, 0.1) is 122 Å². The van der Waals surface area contributed by atoms with Crippen molar-refractivity contribution < 1.29 is 73.6 Å². The molecule has 5 aliphatic rings. The van der Waals surface area contributed by atoms with Gasteiger partial charge in [-0.05, 0) is 177 Å². The molecular formula is C82H126N4O15S3. The molecule has 582 valence electrons. The maximum absolute atomic E-state index is 13.2. The fourth-order valence-electron chi connectivity index (χ4n) is 15.1. The first kappa shape index (κ1) is 87.9. The molecule has 3 aromatic rings. The van der Waals surface area contributed by atoms with Crippen LogP contribution >= 0.6 is 34.0 Å². The summed E-state index contributed by atoms with van der Waals surface area (Å²) < 4.78 is 17.8. The Hall–Kier alpha value is -5.01. The number of rotatable bonds is 6. The maximum Gasteiger partial charge on any atom is 0.309 e. The lowest BCUT2D eigenvalue weighted by molar-refractivity contribution is -0.156. The molecular weight excluding hydrogens is 1380 g/mol. The molecule has 19 atom stereocenters. The molecule has 1 aliphatic carbocycles. The van der Waals surface area contributed by atoms with Crippen LogP contribution in [0.15, 0.2) is 44.5 Å². The molecule has 1 saturated carbocycles. The molecule has 19 nitrogen and oxygen atoms in total. The van der Waals surface area contributed by atoms with E-state index in [0.29, 0.717) is 18.8 Å². The van der Waals surface area contributed by atoms with E-state index in [-0.39, 0.29) is 83.4 Å². The quantitative estimate of drug-likeness (QED) is 0.0685. The minimum Gasteiger partial charge on any atom is -0.458 e. The Labute approximate surface area is 632 Å². The predicted octanol–water partition coefficient (Wildman–Crippen LogP) is 14.7. The average Bonchev–Trinajstić information content (AvgIpc) is 1.61. The van der Waals surface area contributed by atoms with Crippen LogP contribution in [0.5, 0.6) is 0 Å². The lowest BCUT2D eigenvalue weighted by atomic mass is 9.72. The van der Waals surface area contributed by atoms with Gasteiger partial charge in [-0.25, -0.2) is 15.0 Å². The minimum absolute atomic E-state index is 0.0138. The van der Waals surface area contributed by atoms with Crippen LogP contribution in [0.3, 0.4) is 0 Å². The highest BCUT2D eigenvalue weighted by atomic mass is 32.1. The molecule has 0 spiro atoms. The minimum atomic E-state index is -1.21. The number of Topliss-reactive ketones (excluding diaryl/α,β-unsaturated/α-hetero) is 3. The summed E-state index contributed by atoms with van der Waals surface area (Å²) in [5.41, 5.74) is 2.94. The number of hydrogen-bond acceptors (Lipinski definition) is 21. The van der Waals surface area contributed by atoms with E-state index in [2.05, 4.69) is 47.1 Å². The Bertz CT molecular complexity index is 3390. The molecule has 3 aromatic heterocycles. The normalized spacial score (nSPS) is 35.7. The van der Waals surface area contributed by atoms with Crippen molar-refractivity contribution in [2.24, 2.45) is 63.1 Å². The third-order valence-corrected chi connectivity index (χ3v) is 26.1. The second-order valence-corrected chi connectivity index (χ2v) is 36.9. The number of hydrogen-bond donors (Lipinski definition) is 7. The second kappa shape index (κ2) is 37.4. The van der Waals surface area contributed by atoms with E-state index < -0.39 is 94.8 Å². The Balaban J connectivity index is 0.000000245. The van der Waals surface area contributed by atoms with Crippen LogP contribution < -0.4 is 5.32 Å². The summed E-state index contributed by atoms with van der Waals surface area (Å²) in [5.74, 6) is -3.65. The van der Waals surface area contributed by atoms with Crippen molar-refractivity contribution >= 4 is 87.4 Å². The number of carbonyl (C=O) groups excluding carboxylic acids is 6. The van der Waals surface area contributed by atoms with Gasteiger partial charge in [-0.15, -0.1) is 34.0 Å². The number of cyclic esters (lactones) is 2. The van der Waals surface area contributed by atoms with Gasteiger partial charge in [-0.2, -0.15) is 0 Å². The summed E-state index contributed by atoms with van der Waals surface area (Å²) in [6.07, 6.45) is 11.4. The van der Waals surface area contributed by atoms with Crippen LogP contribution in [0.25, 0.3) is 18.2 Å². The SMILES string of the molecule is C/C(=C\c1csc(C)n1)[C@@H]1C[C@@H]2C[C@]2(C)CCC[C@H](C)[C@H](O)[C@@H](C)C(=O)C(C)(C)[C@@H](O)CC(=O)O1.C/C(=C\c1csc(C)n1)[C@@H]1C[C@@H]2O[C@]2(C)CCC[C@H](C)[C@H](O)[C@@H](C)C(=O)C(C)(C)[C@@H](O)CC(=O)N1.C/C1=C/C[C@@H](/C(C)=C/c2csc(C)n2)OC(=O)C[C@H](O)C(C)(C)C(=O)[C@H](C)[C@@H](O)[C@@H](C)CCC1. The van der Waals surface area contributed by atoms with Gasteiger partial charge >= 0.3 is 11.9 Å². The zero-order chi connectivity index (χ0) is 77.9. The van der Waals surface area contributed by atoms with Gasteiger partial charge < -0.3 is 50.2 Å². The summed E-state index contributed by atoms with van der Waals surface area (Å²) in [6, 6.07) is -0.269. The first-order valence-corrected chi connectivity index (χ1v) is 40.5. The molecule has 1 amide bonds. The number of esters is 2. The number of nitrogens with zero attached hydrogens (tertiary/aromatic N) is 3. The summed E-state index contributed by atoms with van der Waals surface area (Å²) in [7, 11) is 0. The highest BCUT2D eigenvalue weighted by molar-refractivity contribution is 7.10. The van der Waals surface area contributed by atoms with Gasteiger partial charge in [0.15, 0.2) is 0 Å². The van der Waals surface area contributed by atoms with E-state index in [1.807, 2.05) is 96.7 Å².